The second kappa shape index (κ2) is 13.7. The summed E-state index contributed by atoms with van der Waals surface area (Å²) in [6, 6.07) is 15.5. The number of ether oxygens (including phenoxy) is 2. The van der Waals surface area contributed by atoms with E-state index in [1.807, 2.05) is 30.3 Å². The van der Waals surface area contributed by atoms with Crippen LogP contribution in [0.4, 0.5) is 4.79 Å². The van der Waals surface area contributed by atoms with Crippen LogP contribution in [0.1, 0.15) is 36.8 Å². The molecule has 32 heavy (non-hydrogen) atoms. The molecule has 0 saturated carbocycles. The Balaban J connectivity index is 1.58. The number of hydrogen-bond donors (Lipinski definition) is 3. The van der Waals surface area contributed by atoms with Crippen LogP contribution in [0.5, 0.6) is 5.75 Å². The number of hydrogen-bond acceptors (Lipinski definition) is 5. The molecule has 8 heteroatoms. The minimum absolute atomic E-state index is 0.195. The lowest BCUT2D eigenvalue weighted by molar-refractivity contribution is -0.141. The average molecular weight is 443 g/mol. The number of carboxylic acids is 1. The van der Waals surface area contributed by atoms with Gasteiger partial charge in [-0.05, 0) is 36.1 Å². The molecule has 0 aliphatic carbocycles. The number of nitrogens with one attached hydrogen (secondary N) is 2. The molecule has 0 aliphatic rings. The van der Waals surface area contributed by atoms with Crippen molar-refractivity contribution < 1.29 is 29.0 Å². The standard InChI is InChI=1S/C24H30N2O6/c1-31-20-13-11-18(12-14-20)16-21(23(28)29)26-22(27)10-6-3-7-15-25-24(30)32-17-19-8-4-2-5-9-19/h2,4-5,8-9,11-14,21H,3,6-7,10,15-17H2,1H3,(H,25,30)(H,26,27)(H,28,29)/t21-/m0/s1. The van der Waals surface area contributed by atoms with Gasteiger partial charge in [0, 0.05) is 19.4 Å². The molecule has 8 nitrogen and oxygen atoms in total. The van der Waals surface area contributed by atoms with Gasteiger partial charge in [-0.2, -0.15) is 0 Å². The van der Waals surface area contributed by atoms with Gasteiger partial charge in [0.1, 0.15) is 18.4 Å². The summed E-state index contributed by atoms with van der Waals surface area (Å²) in [5, 5.41) is 14.7. The van der Waals surface area contributed by atoms with Crippen LogP contribution in [0.2, 0.25) is 0 Å². The smallest absolute Gasteiger partial charge is 0.407 e. The zero-order valence-corrected chi connectivity index (χ0v) is 18.2. The number of rotatable bonds is 13. The molecule has 0 bridgehead atoms. The van der Waals surface area contributed by atoms with Crippen molar-refractivity contribution in [2.75, 3.05) is 13.7 Å². The summed E-state index contributed by atoms with van der Waals surface area (Å²) in [6.45, 7) is 0.665. The number of carboxylic acid groups (broad SMARTS) is 1. The maximum atomic E-state index is 12.1. The Morgan fingerprint density at radius 2 is 1.66 bits per heavy atom. The summed E-state index contributed by atoms with van der Waals surface area (Å²) in [5.74, 6) is -0.697. The first-order chi connectivity index (χ1) is 15.5. The van der Waals surface area contributed by atoms with Gasteiger partial charge in [0.05, 0.1) is 7.11 Å². The summed E-state index contributed by atoms with van der Waals surface area (Å²) in [7, 11) is 1.56. The maximum absolute atomic E-state index is 12.1. The van der Waals surface area contributed by atoms with Crippen molar-refractivity contribution in [2.45, 2.75) is 44.8 Å². The molecule has 0 radical (unpaired) electrons. The van der Waals surface area contributed by atoms with Gasteiger partial charge in [0.15, 0.2) is 0 Å². The molecule has 0 unspecified atom stereocenters. The number of alkyl carbamates (subject to hydrolysis) is 1. The highest BCUT2D eigenvalue weighted by atomic mass is 16.5. The van der Waals surface area contributed by atoms with Crippen molar-refractivity contribution in [1.29, 1.82) is 0 Å². The molecule has 2 aromatic rings. The topological polar surface area (TPSA) is 114 Å². The fourth-order valence-corrected chi connectivity index (χ4v) is 3.02. The van der Waals surface area contributed by atoms with Gasteiger partial charge in [0.2, 0.25) is 5.91 Å². The molecule has 0 spiro atoms. The third-order valence-electron chi connectivity index (χ3n) is 4.79. The van der Waals surface area contributed by atoms with Gasteiger partial charge in [-0.3, -0.25) is 4.79 Å². The zero-order chi connectivity index (χ0) is 23.2. The quantitative estimate of drug-likeness (QED) is 0.410. The van der Waals surface area contributed by atoms with Crippen LogP contribution in [0.15, 0.2) is 54.6 Å². The number of aliphatic carboxylic acids is 1. The fourth-order valence-electron chi connectivity index (χ4n) is 3.02. The molecule has 3 N–H and O–H groups in total. The summed E-state index contributed by atoms with van der Waals surface area (Å²) in [4.78, 5) is 35.3. The highest BCUT2D eigenvalue weighted by Crippen LogP contribution is 2.13. The van der Waals surface area contributed by atoms with E-state index in [0.717, 1.165) is 17.5 Å². The summed E-state index contributed by atoms with van der Waals surface area (Å²) in [5.41, 5.74) is 1.71. The third kappa shape index (κ3) is 9.51. The van der Waals surface area contributed by atoms with Crippen LogP contribution in [-0.4, -0.2) is 42.8 Å². The number of methoxy groups -OCH3 is 1. The Labute approximate surface area is 187 Å². The first-order valence-electron chi connectivity index (χ1n) is 10.6. The van der Waals surface area contributed by atoms with Crippen LogP contribution < -0.4 is 15.4 Å². The molecular weight excluding hydrogens is 412 g/mol. The van der Waals surface area contributed by atoms with Crippen LogP contribution >= 0.6 is 0 Å². The Morgan fingerprint density at radius 1 is 0.938 bits per heavy atom. The van der Waals surface area contributed by atoms with E-state index in [4.69, 9.17) is 9.47 Å². The molecule has 2 rings (SSSR count). The van der Waals surface area contributed by atoms with Crippen molar-refractivity contribution in [3.63, 3.8) is 0 Å². The molecule has 2 aromatic carbocycles. The van der Waals surface area contributed by atoms with E-state index in [9.17, 15) is 19.5 Å². The number of benzene rings is 2. The van der Waals surface area contributed by atoms with Gasteiger partial charge >= 0.3 is 12.1 Å². The van der Waals surface area contributed by atoms with E-state index in [1.165, 1.54) is 0 Å². The highest BCUT2D eigenvalue weighted by molar-refractivity contribution is 5.83. The molecule has 0 aromatic heterocycles. The Bertz CT molecular complexity index is 855. The van der Waals surface area contributed by atoms with Crippen molar-refractivity contribution in [3.05, 3.63) is 65.7 Å². The summed E-state index contributed by atoms with van der Waals surface area (Å²) in [6.07, 6.45) is 1.96. The normalized spacial score (nSPS) is 11.3. The lowest BCUT2D eigenvalue weighted by atomic mass is 10.1. The third-order valence-corrected chi connectivity index (χ3v) is 4.79. The SMILES string of the molecule is COc1ccc(C[C@H](NC(=O)CCCCCNC(=O)OCc2ccccc2)C(=O)O)cc1. The lowest BCUT2D eigenvalue weighted by Gasteiger charge is -2.15. The van der Waals surface area contributed by atoms with Crippen LogP contribution in [0.3, 0.4) is 0 Å². The van der Waals surface area contributed by atoms with Crippen molar-refractivity contribution in [2.24, 2.45) is 0 Å². The first kappa shape index (κ1) is 24.7. The van der Waals surface area contributed by atoms with Crippen molar-refractivity contribution >= 4 is 18.0 Å². The van der Waals surface area contributed by atoms with E-state index >= 15 is 0 Å². The second-order valence-electron chi connectivity index (χ2n) is 7.31. The maximum Gasteiger partial charge on any atom is 0.407 e. The van der Waals surface area contributed by atoms with E-state index in [0.29, 0.717) is 25.1 Å². The van der Waals surface area contributed by atoms with E-state index in [2.05, 4.69) is 10.6 Å². The van der Waals surface area contributed by atoms with Gasteiger partial charge in [0.25, 0.3) is 0 Å². The molecule has 172 valence electrons. The number of amides is 2. The Kier molecular flexibility index (Phi) is 10.6. The minimum Gasteiger partial charge on any atom is -0.497 e. The van der Waals surface area contributed by atoms with Gasteiger partial charge < -0.3 is 25.2 Å². The molecule has 2 amide bonds. The van der Waals surface area contributed by atoms with Gasteiger partial charge in [-0.1, -0.05) is 48.9 Å². The lowest BCUT2D eigenvalue weighted by Crippen LogP contribution is -2.42. The number of carbonyl (C=O) groups is 3. The first-order valence-corrected chi connectivity index (χ1v) is 10.6. The van der Waals surface area contributed by atoms with Gasteiger partial charge in [-0.25, -0.2) is 9.59 Å². The van der Waals surface area contributed by atoms with Crippen molar-refractivity contribution in [3.8, 4) is 5.75 Å². The molecule has 0 heterocycles. The monoisotopic (exact) mass is 442 g/mol. The number of carbonyl (C=O) groups excluding carboxylic acids is 2. The van der Waals surface area contributed by atoms with Crippen LogP contribution in [0, 0.1) is 0 Å². The van der Waals surface area contributed by atoms with E-state index < -0.39 is 18.1 Å². The highest BCUT2D eigenvalue weighted by Gasteiger charge is 2.20. The second-order valence-corrected chi connectivity index (χ2v) is 7.31. The zero-order valence-electron chi connectivity index (χ0n) is 18.2. The predicted molar refractivity (Wildman–Crippen MR) is 119 cm³/mol. The molecular formula is C24H30N2O6. The molecule has 0 fully saturated rings. The van der Waals surface area contributed by atoms with Crippen LogP contribution in [0.25, 0.3) is 0 Å². The summed E-state index contributed by atoms with van der Waals surface area (Å²) >= 11 is 0. The van der Waals surface area contributed by atoms with Gasteiger partial charge in [-0.15, -0.1) is 0 Å². The fraction of sp³-hybridized carbons (Fsp3) is 0.375. The summed E-state index contributed by atoms with van der Waals surface area (Å²) < 4.78 is 10.2. The molecule has 0 saturated heterocycles. The predicted octanol–water partition coefficient (Wildman–Crippen LogP) is 3.29. The largest absolute Gasteiger partial charge is 0.497 e. The Morgan fingerprint density at radius 3 is 2.31 bits per heavy atom. The van der Waals surface area contributed by atoms with E-state index in [1.54, 1.807) is 31.4 Å². The van der Waals surface area contributed by atoms with Crippen LogP contribution in [-0.2, 0) is 27.4 Å². The average Bonchev–Trinajstić information content (AvgIpc) is 2.80. The Hall–Kier alpha value is -3.55. The van der Waals surface area contributed by atoms with E-state index in [-0.39, 0.29) is 25.4 Å². The molecule has 1 atom stereocenters. The van der Waals surface area contributed by atoms with Crippen molar-refractivity contribution in [1.82, 2.24) is 10.6 Å². The molecule has 0 aliphatic heterocycles. The number of unbranched alkanes of at least 4 members (excludes halogenated alkanes) is 2. The minimum atomic E-state index is -1.08.